The van der Waals surface area contributed by atoms with E-state index in [1.165, 1.54) is 27.9 Å². The fourth-order valence-corrected chi connectivity index (χ4v) is 8.05. The molecule has 5 aromatic carbocycles. The lowest BCUT2D eigenvalue weighted by Gasteiger charge is -2.45. The largest absolute Gasteiger partial charge is 0.459 e. The summed E-state index contributed by atoms with van der Waals surface area (Å²) in [7, 11) is 4.14. The highest BCUT2D eigenvalue weighted by atomic mass is 16.5. The lowest BCUT2D eigenvalue weighted by atomic mass is 9.77. The summed E-state index contributed by atoms with van der Waals surface area (Å²) in [4.78, 5) is 26.3. The van der Waals surface area contributed by atoms with Gasteiger partial charge in [-0.2, -0.15) is 0 Å². The predicted molar refractivity (Wildman–Crippen MR) is 206 cm³/mol. The van der Waals surface area contributed by atoms with Crippen LogP contribution < -0.4 is 14.5 Å². The quantitative estimate of drug-likeness (QED) is 0.180. The summed E-state index contributed by atoms with van der Waals surface area (Å²) in [6, 6.07) is 37.2. The number of nitrogens with zero attached hydrogens (tertiary/aromatic N) is 4. The zero-order valence-electron chi connectivity index (χ0n) is 29.3. The van der Waals surface area contributed by atoms with Crippen molar-refractivity contribution >= 4 is 51.6 Å². The van der Waals surface area contributed by atoms with Crippen LogP contribution in [0.1, 0.15) is 49.9 Å². The van der Waals surface area contributed by atoms with Crippen LogP contribution in [0.5, 0.6) is 5.75 Å². The second kappa shape index (κ2) is 11.4. The number of benzene rings is 5. The topological polar surface area (TPSA) is 57.5 Å². The molecule has 1 unspecified atom stereocenters. The molecule has 1 spiro atoms. The molecular weight excluding hydrogens is 617 g/mol. The number of para-hydroxylation sites is 2. The minimum absolute atomic E-state index is 0.0495. The molecule has 0 saturated heterocycles. The SMILES string of the molecule is CN1/C(=C\N=C2C(=O)C=Cc3ccccc32)C(C)(C)c2ccccc21.CN1c2ccccc2C(C)(C)C12C=Nc1c(ccc3ccccc13)O2. The van der Waals surface area contributed by atoms with Crippen LogP contribution in [0.15, 0.2) is 137 Å². The number of fused-ring (bicyclic) bond motifs is 6. The van der Waals surface area contributed by atoms with Crippen LogP contribution in [0.2, 0.25) is 0 Å². The average molecular weight is 657 g/mol. The number of rotatable bonds is 1. The molecule has 0 radical (unpaired) electrons. The lowest BCUT2D eigenvalue weighted by molar-refractivity contribution is -0.108. The van der Waals surface area contributed by atoms with Crippen molar-refractivity contribution in [3.8, 4) is 5.75 Å². The van der Waals surface area contributed by atoms with E-state index in [0.717, 1.165) is 33.6 Å². The molecule has 0 amide bonds. The first kappa shape index (κ1) is 31.5. The van der Waals surface area contributed by atoms with Crippen molar-refractivity contribution in [1.29, 1.82) is 0 Å². The first-order valence-electron chi connectivity index (χ1n) is 17.1. The van der Waals surface area contributed by atoms with Crippen molar-refractivity contribution < 1.29 is 9.53 Å². The molecule has 6 heteroatoms. The number of ketones is 1. The zero-order valence-corrected chi connectivity index (χ0v) is 29.3. The van der Waals surface area contributed by atoms with Crippen molar-refractivity contribution in [3.05, 3.63) is 149 Å². The number of carbonyl (C=O) groups is 1. The van der Waals surface area contributed by atoms with E-state index in [0.29, 0.717) is 5.71 Å². The van der Waals surface area contributed by atoms with Crippen LogP contribution >= 0.6 is 0 Å². The van der Waals surface area contributed by atoms with Gasteiger partial charge in [0.1, 0.15) is 17.1 Å². The van der Waals surface area contributed by atoms with Crippen LogP contribution in [0.3, 0.4) is 0 Å². The van der Waals surface area contributed by atoms with Gasteiger partial charge in [-0.05, 0) is 60.2 Å². The number of ether oxygens (including phenoxy) is 1. The van der Waals surface area contributed by atoms with Gasteiger partial charge in [-0.15, -0.1) is 0 Å². The lowest BCUT2D eigenvalue weighted by Crippen LogP contribution is -2.61. The van der Waals surface area contributed by atoms with Crippen LogP contribution in [-0.2, 0) is 15.6 Å². The van der Waals surface area contributed by atoms with Crippen LogP contribution in [-0.4, -0.2) is 37.5 Å². The highest BCUT2D eigenvalue weighted by molar-refractivity contribution is 6.52. The van der Waals surface area contributed by atoms with Gasteiger partial charge in [0.15, 0.2) is 0 Å². The highest BCUT2D eigenvalue weighted by Crippen LogP contribution is 2.54. The number of likely N-dealkylation sites (N-methyl/N-ethyl adjacent to an activating group) is 2. The summed E-state index contributed by atoms with van der Waals surface area (Å²) < 4.78 is 6.68. The molecule has 1 atom stereocenters. The minimum atomic E-state index is -0.619. The Balaban J connectivity index is 0.000000144. The maximum absolute atomic E-state index is 12.4. The fraction of sp³-hybridized carbons (Fsp3) is 0.205. The van der Waals surface area contributed by atoms with Crippen molar-refractivity contribution in [2.45, 2.75) is 44.2 Å². The van der Waals surface area contributed by atoms with E-state index in [-0.39, 0.29) is 16.6 Å². The third kappa shape index (κ3) is 4.58. The molecule has 3 aliphatic heterocycles. The van der Waals surface area contributed by atoms with Gasteiger partial charge >= 0.3 is 0 Å². The Morgan fingerprint density at radius 1 is 0.740 bits per heavy atom. The maximum Gasteiger partial charge on any atom is 0.228 e. The molecule has 248 valence electrons. The van der Waals surface area contributed by atoms with Crippen LogP contribution in [0.25, 0.3) is 16.8 Å². The Morgan fingerprint density at radius 3 is 2.20 bits per heavy atom. The van der Waals surface area contributed by atoms with Gasteiger partial charge in [-0.1, -0.05) is 111 Å². The molecule has 4 aliphatic rings. The van der Waals surface area contributed by atoms with E-state index in [9.17, 15) is 4.79 Å². The van der Waals surface area contributed by atoms with Crippen molar-refractivity contribution in [2.24, 2.45) is 9.98 Å². The van der Waals surface area contributed by atoms with Gasteiger partial charge < -0.3 is 14.5 Å². The number of hydrogen-bond acceptors (Lipinski definition) is 6. The van der Waals surface area contributed by atoms with Crippen molar-refractivity contribution in [3.63, 3.8) is 0 Å². The normalized spacial score (nSPS) is 21.8. The molecule has 0 fully saturated rings. The Hall–Kier alpha value is -5.75. The van der Waals surface area contributed by atoms with Gasteiger partial charge in [-0.25, -0.2) is 0 Å². The van der Waals surface area contributed by atoms with Gasteiger partial charge in [0.05, 0.1) is 11.6 Å². The second-order valence-electron chi connectivity index (χ2n) is 14.4. The third-order valence-electron chi connectivity index (χ3n) is 11.0. The molecule has 0 saturated carbocycles. The van der Waals surface area contributed by atoms with Gasteiger partial charge in [0, 0.05) is 53.7 Å². The summed E-state index contributed by atoms with van der Waals surface area (Å²) in [6.45, 7) is 8.84. The monoisotopic (exact) mass is 656 g/mol. The molecule has 9 rings (SSSR count). The van der Waals surface area contributed by atoms with Crippen molar-refractivity contribution in [2.75, 3.05) is 23.9 Å². The Labute approximate surface area is 293 Å². The molecule has 3 heterocycles. The summed E-state index contributed by atoms with van der Waals surface area (Å²) in [5.41, 5.74) is 8.39. The molecule has 0 aromatic heterocycles. The van der Waals surface area contributed by atoms with E-state index in [2.05, 4.69) is 117 Å². The summed E-state index contributed by atoms with van der Waals surface area (Å²) >= 11 is 0. The molecule has 0 N–H and O–H groups in total. The van der Waals surface area contributed by atoms with Crippen LogP contribution in [0, 0.1) is 0 Å². The first-order valence-corrected chi connectivity index (χ1v) is 17.1. The Bertz CT molecular complexity index is 2330. The molecule has 6 nitrogen and oxygen atoms in total. The maximum atomic E-state index is 12.4. The predicted octanol–water partition coefficient (Wildman–Crippen LogP) is 9.40. The van der Waals surface area contributed by atoms with Gasteiger partial charge in [-0.3, -0.25) is 14.8 Å². The smallest absolute Gasteiger partial charge is 0.228 e. The van der Waals surface area contributed by atoms with Crippen molar-refractivity contribution in [1.82, 2.24) is 0 Å². The highest BCUT2D eigenvalue weighted by Gasteiger charge is 2.58. The van der Waals surface area contributed by atoms with E-state index < -0.39 is 5.72 Å². The number of anilines is 2. The van der Waals surface area contributed by atoms with Crippen LogP contribution in [0.4, 0.5) is 17.1 Å². The van der Waals surface area contributed by atoms with E-state index >= 15 is 0 Å². The minimum Gasteiger partial charge on any atom is -0.459 e. The fourth-order valence-electron chi connectivity index (χ4n) is 8.05. The molecule has 1 aliphatic carbocycles. The Morgan fingerprint density at radius 2 is 1.42 bits per heavy atom. The summed E-state index contributed by atoms with van der Waals surface area (Å²) in [6.07, 6.45) is 7.29. The molecule has 50 heavy (non-hydrogen) atoms. The van der Waals surface area contributed by atoms with Gasteiger partial charge in [0.2, 0.25) is 11.5 Å². The molecular formula is C44H40N4O2. The number of aliphatic imine (C=N–C) groups is 2. The van der Waals surface area contributed by atoms with E-state index in [1.54, 1.807) is 6.08 Å². The van der Waals surface area contributed by atoms with E-state index in [1.807, 2.05) is 67.0 Å². The van der Waals surface area contributed by atoms with Gasteiger partial charge in [0.25, 0.3) is 0 Å². The molecule has 5 aromatic rings. The average Bonchev–Trinajstić information content (AvgIpc) is 3.43. The standard InChI is InChI=1S/2C22H20N2O/c1-21(2)17-10-6-7-11-18(17)24(3)22(21)14-23-20-16-9-5-4-8-15(16)12-13-19(20)25-22;1-22(2)17-10-6-7-11-18(17)24(3)20(22)14-23-21-16-9-5-4-8-15(16)12-13-19(21)25/h2*4-14H,1-3H3/b;20-14-,23-21?. The Kier molecular flexibility index (Phi) is 7.19. The number of carbonyl (C=O) groups excluding carboxylic acids is 1. The summed E-state index contributed by atoms with van der Waals surface area (Å²) in [5, 5.41) is 2.31. The molecule has 0 bridgehead atoms. The summed E-state index contributed by atoms with van der Waals surface area (Å²) in [5.74, 6) is 0.792. The second-order valence-corrected chi connectivity index (χ2v) is 14.4. The number of allylic oxidation sites excluding steroid dienone is 2. The third-order valence-corrected chi connectivity index (χ3v) is 11.0. The first-order chi connectivity index (χ1) is 24.0. The van der Waals surface area contributed by atoms with E-state index in [4.69, 9.17) is 9.73 Å². The number of hydrogen-bond donors (Lipinski definition) is 0. The zero-order chi connectivity index (χ0) is 34.8.